The Morgan fingerprint density at radius 2 is 1.79 bits per heavy atom. The molecular formula is C27H27FN4O. The van der Waals surface area contributed by atoms with Crippen molar-refractivity contribution in [2.24, 2.45) is 0 Å². The minimum atomic E-state index is -0.575. The van der Waals surface area contributed by atoms with E-state index >= 15 is 0 Å². The van der Waals surface area contributed by atoms with Crippen molar-refractivity contribution in [1.29, 1.82) is 0 Å². The first-order valence-corrected chi connectivity index (χ1v) is 11.2. The molecule has 2 aliphatic rings. The molecule has 0 saturated carbocycles. The van der Waals surface area contributed by atoms with E-state index in [2.05, 4.69) is 33.9 Å². The Bertz CT molecular complexity index is 1250. The molecule has 2 aromatic carbocycles. The number of halogens is 1. The van der Waals surface area contributed by atoms with Crippen LogP contribution in [-0.4, -0.2) is 47.8 Å². The van der Waals surface area contributed by atoms with E-state index in [0.717, 1.165) is 59.6 Å². The molecule has 5 rings (SSSR count). The van der Waals surface area contributed by atoms with Gasteiger partial charge in [-0.2, -0.15) is 4.39 Å². The highest BCUT2D eigenvalue weighted by molar-refractivity contribution is 5.82. The Morgan fingerprint density at radius 3 is 2.58 bits per heavy atom. The Hall–Kier alpha value is -3.48. The van der Waals surface area contributed by atoms with Crippen molar-refractivity contribution in [3.8, 4) is 22.3 Å². The summed E-state index contributed by atoms with van der Waals surface area (Å²) in [5.41, 5.74) is 14.5. The predicted molar refractivity (Wildman–Crippen MR) is 132 cm³/mol. The Balaban J connectivity index is 1.45. The van der Waals surface area contributed by atoms with Gasteiger partial charge in [0, 0.05) is 48.6 Å². The fourth-order valence-corrected chi connectivity index (χ4v) is 4.64. The van der Waals surface area contributed by atoms with E-state index in [1.165, 1.54) is 11.1 Å². The number of nitrogens with zero attached hydrogens (tertiary/aromatic N) is 2. The summed E-state index contributed by atoms with van der Waals surface area (Å²) in [5.74, 6) is -0.394. The van der Waals surface area contributed by atoms with Crippen molar-refractivity contribution in [1.82, 2.24) is 15.2 Å². The van der Waals surface area contributed by atoms with Crippen LogP contribution in [-0.2, 0) is 6.42 Å². The molecule has 3 heterocycles. The number of fused-ring (bicyclic) bond motifs is 1. The lowest BCUT2D eigenvalue weighted by molar-refractivity contribution is 0.227. The van der Waals surface area contributed by atoms with Crippen molar-refractivity contribution >= 4 is 17.1 Å². The zero-order valence-electron chi connectivity index (χ0n) is 18.4. The average molecular weight is 443 g/mol. The van der Waals surface area contributed by atoms with Gasteiger partial charge in [-0.3, -0.25) is 4.90 Å². The first-order valence-electron chi connectivity index (χ1n) is 11.2. The molecule has 6 heteroatoms. The molecule has 0 aliphatic carbocycles. The molecule has 0 saturated heterocycles. The Kier molecular flexibility index (Phi) is 5.70. The van der Waals surface area contributed by atoms with Gasteiger partial charge in [-0.05, 0) is 40.3 Å². The molecule has 0 spiro atoms. The minimum Gasteiger partial charge on any atom is -0.395 e. The van der Waals surface area contributed by atoms with Gasteiger partial charge in [0.1, 0.15) is 5.82 Å². The van der Waals surface area contributed by atoms with Crippen LogP contribution in [0.5, 0.6) is 0 Å². The van der Waals surface area contributed by atoms with Crippen molar-refractivity contribution < 1.29 is 9.50 Å². The third-order valence-corrected chi connectivity index (χ3v) is 6.45. The summed E-state index contributed by atoms with van der Waals surface area (Å²) in [7, 11) is 0. The van der Waals surface area contributed by atoms with E-state index < -0.39 is 5.95 Å². The lowest BCUT2D eigenvalue weighted by Gasteiger charge is -2.21. The summed E-state index contributed by atoms with van der Waals surface area (Å²) in [6.07, 6.45) is 3.07. The van der Waals surface area contributed by atoms with E-state index in [1.807, 2.05) is 36.4 Å². The smallest absolute Gasteiger partial charge is 0.222 e. The van der Waals surface area contributed by atoms with E-state index in [0.29, 0.717) is 12.1 Å². The number of hydrogen-bond donors (Lipinski definition) is 3. The van der Waals surface area contributed by atoms with E-state index in [1.54, 1.807) is 6.07 Å². The first-order chi connectivity index (χ1) is 16.0. The monoisotopic (exact) mass is 442 g/mol. The van der Waals surface area contributed by atoms with Gasteiger partial charge >= 0.3 is 0 Å². The van der Waals surface area contributed by atoms with Crippen LogP contribution in [0.15, 0.2) is 61.2 Å². The quantitative estimate of drug-likeness (QED) is 0.522. The molecule has 0 bridgehead atoms. The van der Waals surface area contributed by atoms with Crippen LogP contribution in [0.3, 0.4) is 0 Å². The third kappa shape index (κ3) is 4.15. The molecule has 4 N–H and O–H groups in total. The van der Waals surface area contributed by atoms with Gasteiger partial charge < -0.3 is 16.2 Å². The number of pyridine rings is 1. The largest absolute Gasteiger partial charge is 0.395 e. The van der Waals surface area contributed by atoms with Crippen molar-refractivity contribution in [2.45, 2.75) is 6.42 Å². The number of rotatable bonds is 5. The summed E-state index contributed by atoms with van der Waals surface area (Å²) >= 11 is 0. The Morgan fingerprint density at radius 1 is 1.03 bits per heavy atom. The van der Waals surface area contributed by atoms with Crippen LogP contribution < -0.4 is 11.1 Å². The van der Waals surface area contributed by atoms with Crippen LogP contribution in [0.25, 0.3) is 33.5 Å². The van der Waals surface area contributed by atoms with Gasteiger partial charge in [0.05, 0.1) is 6.61 Å². The summed E-state index contributed by atoms with van der Waals surface area (Å²) in [5, 5.41) is 12.4. The van der Waals surface area contributed by atoms with E-state index in [-0.39, 0.29) is 12.4 Å². The van der Waals surface area contributed by atoms with Gasteiger partial charge in [-0.25, -0.2) is 4.98 Å². The number of aliphatic hydroxyl groups excluding tert-OH is 1. The summed E-state index contributed by atoms with van der Waals surface area (Å²) in [6, 6.07) is 15.8. The molecule has 33 heavy (non-hydrogen) atoms. The molecule has 1 aromatic heterocycles. The average Bonchev–Trinajstić information content (AvgIpc) is 3.28. The molecule has 168 valence electrons. The van der Waals surface area contributed by atoms with Gasteiger partial charge in [0.15, 0.2) is 0 Å². The third-order valence-electron chi connectivity index (χ3n) is 6.45. The predicted octanol–water partition coefficient (Wildman–Crippen LogP) is 3.94. The molecule has 0 unspecified atom stereocenters. The lowest BCUT2D eigenvalue weighted by atomic mass is 9.93. The minimum absolute atomic E-state index is 0.154. The molecular weight excluding hydrogens is 415 g/mol. The van der Waals surface area contributed by atoms with Crippen LogP contribution >= 0.6 is 0 Å². The molecule has 0 amide bonds. The van der Waals surface area contributed by atoms with Gasteiger partial charge in [0.25, 0.3) is 0 Å². The van der Waals surface area contributed by atoms with E-state index in [9.17, 15) is 4.39 Å². The number of hydrogen-bond acceptors (Lipinski definition) is 5. The van der Waals surface area contributed by atoms with Crippen LogP contribution in [0.1, 0.15) is 16.7 Å². The SMILES string of the molecule is C=C1NCCc2cc(-c3cc(-c4ccc(C5=CCN(CCO)C5)cc4)c(F)nc3N)ccc21. The number of anilines is 1. The highest BCUT2D eigenvalue weighted by Crippen LogP contribution is 2.34. The van der Waals surface area contributed by atoms with Crippen molar-refractivity contribution in [3.63, 3.8) is 0 Å². The topological polar surface area (TPSA) is 74.4 Å². The standard InChI is InChI=1S/C27H27FN4O/c1-17-23-7-6-20(14-21(23)8-10-30-17)25-15-24(26(28)31-27(25)29)19-4-2-18(3-5-19)22-9-11-32(16-22)12-13-33/h2-7,9,14-15,30,33H,1,8,10-13,16H2,(H2,29,31). The number of nitrogen functional groups attached to an aromatic ring is 1. The molecule has 0 radical (unpaired) electrons. The number of benzene rings is 2. The molecule has 0 fully saturated rings. The fraction of sp³-hybridized carbons (Fsp3) is 0.222. The van der Waals surface area contributed by atoms with Crippen LogP contribution in [0.4, 0.5) is 10.2 Å². The first kappa shape index (κ1) is 21.4. The van der Waals surface area contributed by atoms with E-state index in [4.69, 9.17) is 10.8 Å². The zero-order chi connectivity index (χ0) is 22.9. The van der Waals surface area contributed by atoms with Gasteiger partial charge in [0.2, 0.25) is 5.95 Å². The zero-order valence-corrected chi connectivity index (χ0v) is 18.4. The van der Waals surface area contributed by atoms with Crippen LogP contribution in [0, 0.1) is 5.95 Å². The van der Waals surface area contributed by atoms with Gasteiger partial charge in [-0.15, -0.1) is 0 Å². The molecule has 5 nitrogen and oxygen atoms in total. The molecule has 3 aromatic rings. The fourth-order valence-electron chi connectivity index (χ4n) is 4.64. The maximum Gasteiger partial charge on any atom is 0.222 e. The normalized spacial score (nSPS) is 15.8. The second kappa shape index (κ2) is 8.81. The summed E-state index contributed by atoms with van der Waals surface area (Å²) in [4.78, 5) is 6.21. The number of aromatic nitrogens is 1. The van der Waals surface area contributed by atoms with Crippen molar-refractivity contribution in [2.75, 3.05) is 38.5 Å². The maximum atomic E-state index is 14.8. The number of aliphatic hydroxyl groups is 1. The number of nitrogens with two attached hydrogens (primary N) is 1. The highest BCUT2D eigenvalue weighted by Gasteiger charge is 2.18. The number of β-amino-alcohol motifs (C(OH)–C–C–N with tert-alkyl or cyclic N) is 1. The second-order valence-electron chi connectivity index (χ2n) is 8.55. The van der Waals surface area contributed by atoms with Crippen molar-refractivity contribution in [3.05, 3.63) is 83.8 Å². The van der Waals surface area contributed by atoms with Gasteiger partial charge in [-0.1, -0.05) is 55.1 Å². The Labute approximate surface area is 193 Å². The molecule has 0 atom stereocenters. The second-order valence-corrected chi connectivity index (χ2v) is 8.55. The highest BCUT2D eigenvalue weighted by atomic mass is 19.1. The number of nitrogens with one attached hydrogen (secondary N) is 1. The summed E-state index contributed by atoms with van der Waals surface area (Å²) < 4.78 is 14.8. The maximum absolute atomic E-state index is 14.8. The van der Waals surface area contributed by atoms with Crippen LogP contribution in [0.2, 0.25) is 0 Å². The summed E-state index contributed by atoms with van der Waals surface area (Å²) in [6.45, 7) is 7.38. The lowest BCUT2D eigenvalue weighted by Crippen LogP contribution is -2.24. The molecule has 2 aliphatic heterocycles.